The second-order valence-corrected chi connectivity index (χ2v) is 7.84. The van der Waals surface area contributed by atoms with Crippen molar-refractivity contribution in [2.24, 2.45) is 0 Å². The minimum atomic E-state index is -0.518. The van der Waals surface area contributed by atoms with Crippen LogP contribution in [0.15, 0.2) is 36.5 Å². The van der Waals surface area contributed by atoms with Crippen LogP contribution in [0.2, 0.25) is 10.0 Å². The molecule has 8 nitrogen and oxygen atoms in total. The van der Waals surface area contributed by atoms with Gasteiger partial charge in [-0.15, -0.1) is 0 Å². The molecule has 0 saturated carbocycles. The van der Waals surface area contributed by atoms with Gasteiger partial charge < -0.3 is 19.6 Å². The van der Waals surface area contributed by atoms with Crippen molar-refractivity contribution < 1.29 is 19.4 Å². The normalized spacial score (nSPS) is 19.2. The maximum Gasteiger partial charge on any atom is 0.414 e. The Morgan fingerprint density at radius 3 is 2.57 bits per heavy atom. The fourth-order valence-corrected chi connectivity index (χ4v) is 3.91. The minimum Gasteiger partial charge on any atom is -0.441 e. The van der Waals surface area contributed by atoms with Gasteiger partial charge in [0.1, 0.15) is 11.9 Å². The van der Waals surface area contributed by atoms with E-state index in [2.05, 4.69) is 9.88 Å². The molecule has 158 valence electrons. The number of benzene rings is 1. The summed E-state index contributed by atoms with van der Waals surface area (Å²) in [5.74, 6) is 0.620. The smallest absolute Gasteiger partial charge is 0.414 e. The number of carbonyl (C=O) groups is 2. The molecule has 2 aliphatic heterocycles. The standard InChI is InChI=1S/C20H20Cl2N4O4/c21-16-3-1-2-15(18(16)22)19(28)25-8-6-24(7-9-25)17-5-4-13(10-23-17)26-11-14(12-27)30-20(26)29/h1-5,10,14,27H,6-9,11-12H2/t14-/m1/s1. The van der Waals surface area contributed by atoms with Crippen molar-refractivity contribution in [1.82, 2.24) is 9.88 Å². The lowest BCUT2D eigenvalue weighted by Gasteiger charge is -2.35. The van der Waals surface area contributed by atoms with E-state index in [9.17, 15) is 9.59 Å². The van der Waals surface area contributed by atoms with Crippen LogP contribution in [0, 0.1) is 0 Å². The van der Waals surface area contributed by atoms with Crippen molar-refractivity contribution in [2.45, 2.75) is 6.10 Å². The van der Waals surface area contributed by atoms with E-state index in [1.807, 2.05) is 6.07 Å². The molecule has 0 bridgehead atoms. The molecule has 1 aromatic carbocycles. The van der Waals surface area contributed by atoms with Gasteiger partial charge in [0.25, 0.3) is 5.91 Å². The summed E-state index contributed by atoms with van der Waals surface area (Å²) in [5.41, 5.74) is 1.02. The molecule has 2 aromatic rings. The van der Waals surface area contributed by atoms with Crippen LogP contribution < -0.4 is 9.80 Å². The molecule has 3 heterocycles. The molecule has 0 spiro atoms. The molecule has 0 radical (unpaired) electrons. The number of nitrogens with zero attached hydrogens (tertiary/aromatic N) is 4. The number of hydrogen-bond acceptors (Lipinski definition) is 6. The highest BCUT2D eigenvalue weighted by molar-refractivity contribution is 6.43. The van der Waals surface area contributed by atoms with Gasteiger partial charge in [-0.1, -0.05) is 29.3 Å². The second kappa shape index (κ2) is 8.67. The van der Waals surface area contributed by atoms with E-state index in [4.69, 9.17) is 33.0 Å². The molecule has 1 atom stereocenters. The number of amides is 2. The van der Waals surface area contributed by atoms with Gasteiger partial charge >= 0.3 is 6.09 Å². The van der Waals surface area contributed by atoms with E-state index in [1.54, 1.807) is 35.4 Å². The zero-order valence-corrected chi connectivity index (χ0v) is 17.5. The summed E-state index contributed by atoms with van der Waals surface area (Å²) >= 11 is 12.2. The molecule has 0 aliphatic carbocycles. The van der Waals surface area contributed by atoms with Gasteiger partial charge in [-0.05, 0) is 24.3 Å². The van der Waals surface area contributed by atoms with Crippen LogP contribution >= 0.6 is 23.2 Å². The fraction of sp³-hybridized carbons (Fsp3) is 0.350. The fourth-order valence-electron chi connectivity index (χ4n) is 3.53. The van der Waals surface area contributed by atoms with Crippen LogP contribution in [0.1, 0.15) is 10.4 Å². The Kier molecular flexibility index (Phi) is 5.99. The van der Waals surface area contributed by atoms with Crippen molar-refractivity contribution in [3.63, 3.8) is 0 Å². The monoisotopic (exact) mass is 450 g/mol. The van der Waals surface area contributed by atoms with Crippen molar-refractivity contribution in [3.8, 4) is 0 Å². The van der Waals surface area contributed by atoms with Crippen LogP contribution in [-0.4, -0.2) is 72.4 Å². The highest BCUT2D eigenvalue weighted by Gasteiger charge is 2.32. The van der Waals surface area contributed by atoms with Gasteiger partial charge in [0.15, 0.2) is 0 Å². The number of carbonyl (C=O) groups excluding carboxylic acids is 2. The number of ether oxygens (including phenoxy) is 1. The van der Waals surface area contributed by atoms with Gasteiger partial charge in [-0.2, -0.15) is 0 Å². The van der Waals surface area contributed by atoms with Crippen molar-refractivity contribution in [3.05, 3.63) is 52.1 Å². The number of cyclic esters (lactones) is 1. The lowest BCUT2D eigenvalue weighted by atomic mass is 10.1. The third kappa shape index (κ3) is 4.03. The zero-order chi connectivity index (χ0) is 21.3. The van der Waals surface area contributed by atoms with Crippen LogP contribution in [0.4, 0.5) is 16.3 Å². The first-order valence-electron chi connectivity index (χ1n) is 9.51. The number of halogens is 2. The molecular weight excluding hydrogens is 431 g/mol. The topological polar surface area (TPSA) is 86.2 Å². The van der Waals surface area contributed by atoms with Crippen LogP contribution in [0.25, 0.3) is 0 Å². The Morgan fingerprint density at radius 2 is 1.93 bits per heavy atom. The van der Waals surface area contributed by atoms with Crippen LogP contribution in [0.3, 0.4) is 0 Å². The van der Waals surface area contributed by atoms with Gasteiger partial charge in [-0.3, -0.25) is 9.69 Å². The predicted octanol–water partition coefficient (Wildman–Crippen LogP) is 2.67. The number of aliphatic hydroxyl groups excluding tert-OH is 1. The van der Waals surface area contributed by atoms with Crippen molar-refractivity contribution in [1.29, 1.82) is 0 Å². The molecule has 30 heavy (non-hydrogen) atoms. The Morgan fingerprint density at radius 1 is 1.17 bits per heavy atom. The Hall–Kier alpha value is -2.55. The molecular formula is C20H20Cl2N4O4. The summed E-state index contributed by atoms with van der Waals surface area (Å²) in [6, 6.07) is 8.67. The summed E-state index contributed by atoms with van der Waals surface area (Å²) in [6.07, 6.45) is 0.603. The molecule has 2 saturated heterocycles. The Bertz CT molecular complexity index is 948. The van der Waals surface area contributed by atoms with E-state index in [1.165, 1.54) is 4.90 Å². The van der Waals surface area contributed by atoms with Gasteiger partial charge in [0, 0.05) is 26.2 Å². The van der Waals surface area contributed by atoms with E-state index in [0.29, 0.717) is 49.0 Å². The number of hydrogen-bond donors (Lipinski definition) is 1. The summed E-state index contributed by atoms with van der Waals surface area (Å²) in [4.78, 5) is 34.4. The maximum absolute atomic E-state index is 12.8. The van der Waals surface area contributed by atoms with Crippen molar-refractivity contribution >= 4 is 46.7 Å². The van der Waals surface area contributed by atoms with Crippen molar-refractivity contribution in [2.75, 3.05) is 49.1 Å². The average molecular weight is 451 g/mol. The molecule has 0 unspecified atom stereocenters. The lowest BCUT2D eigenvalue weighted by molar-refractivity contribution is 0.0746. The van der Waals surface area contributed by atoms with Gasteiger partial charge in [0.05, 0.1) is 40.6 Å². The number of anilines is 2. The first-order valence-corrected chi connectivity index (χ1v) is 10.3. The zero-order valence-electron chi connectivity index (χ0n) is 16.0. The molecule has 4 rings (SSSR count). The minimum absolute atomic E-state index is 0.142. The lowest BCUT2D eigenvalue weighted by Crippen LogP contribution is -2.49. The third-order valence-corrected chi connectivity index (χ3v) is 6.01. The van der Waals surface area contributed by atoms with E-state index >= 15 is 0 Å². The summed E-state index contributed by atoms with van der Waals surface area (Å²) in [6.45, 7) is 2.38. The molecule has 2 amide bonds. The first kappa shape index (κ1) is 20.7. The highest BCUT2D eigenvalue weighted by Crippen LogP contribution is 2.27. The molecule has 1 aromatic heterocycles. The number of rotatable bonds is 4. The summed E-state index contributed by atoms with van der Waals surface area (Å²) in [5, 5.41) is 9.79. The summed E-state index contributed by atoms with van der Waals surface area (Å²) < 4.78 is 5.05. The highest BCUT2D eigenvalue weighted by atomic mass is 35.5. The van der Waals surface area contributed by atoms with E-state index in [-0.39, 0.29) is 17.5 Å². The number of piperazine rings is 1. The van der Waals surface area contributed by atoms with Crippen LogP contribution in [0.5, 0.6) is 0 Å². The largest absolute Gasteiger partial charge is 0.441 e. The van der Waals surface area contributed by atoms with E-state index in [0.717, 1.165) is 5.82 Å². The van der Waals surface area contributed by atoms with E-state index < -0.39 is 12.2 Å². The second-order valence-electron chi connectivity index (χ2n) is 7.05. The maximum atomic E-state index is 12.8. The average Bonchev–Trinajstić information content (AvgIpc) is 3.16. The Labute approximate surface area is 183 Å². The Balaban J connectivity index is 1.38. The van der Waals surface area contributed by atoms with Gasteiger partial charge in [-0.25, -0.2) is 9.78 Å². The SMILES string of the molecule is O=C(c1cccc(Cl)c1Cl)N1CCN(c2ccc(N3C[C@H](CO)OC3=O)cn2)CC1. The number of aliphatic hydroxyl groups is 1. The first-order chi connectivity index (χ1) is 14.5. The molecule has 2 fully saturated rings. The number of aromatic nitrogens is 1. The third-order valence-electron chi connectivity index (χ3n) is 5.19. The molecule has 1 N–H and O–H groups in total. The quantitative estimate of drug-likeness (QED) is 0.770. The summed E-state index contributed by atoms with van der Waals surface area (Å²) in [7, 11) is 0. The molecule has 2 aliphatic rings. The number of pyridine rings is 1. The molecule has 10 heteroatoms. The van der Waals surface area contributed by atoms with Crippen LogP contribution in [-0.2, 0) is 4.74 Å². The van der Waals surface area contributed by atoms with Gasteiger partial charge in [0.2, 0.25) is 0 Å². The predicted molar refractivity (Wildman–Crippen MR) is 114 cm³/mol.